The zero-order valence-electron chi connectivity index (χ0n) is 17.7. The average molecular weight is 435 g/mol. The Morgan fingerprint density at radius 1 is 1.31 bits per heavy atom. The maximum atomic E-state index is 12.6. The molecule has 2 aromatic rings. The molecule has 1 fully saturated rings. The number of rotatable bonds is 5. The minimum absolute atomic E-state index is 0.0892. The van der Waals surface area contributed by atoms with Gasteiger partial charge in [0.1, 0.15) is 0 Å². The quantitative estimate of drug-likeness (QED) is 0.670. The van der Waals surface area contributed by atoms with Crippen LogP contribution >= 0.6 is 23.1 Å². The van der Waals surface area contributed by atoms with Crippen molar-refractivity contribution in [2.75, 3.05) is 18.8 Å². The van der Waals surface area contributed by atoms with Crippen LogP contribution in [0.1, 0.15) is 44.1 Å². The molecule has 1 amide bonds. The van der Waals surface area contributed by atoms with Gasteiger partial charge in [0.25, 0.3) is 0 Å². The molecule has 0 radical (unpaired) electrons. The number of carbonyl (C=O) groups is 1. The number of carbonyl (C=O) groups excluding carboxylic acids is 1. The number of amides is 1. The Labute approximate surface area is 181 Å². The second-order valence-corrected chi connectivity index (χ2v) is 10.4. The molecule has 158 valence electrons. The van der Waals surface area contributed by atoms with E-state index in [2.05, 4.69) is 23.2 Å². The lowest BCUT2D eigenvalue weighted by Gasteiger charge is -2.35. The lowest BCUT2D eigenvalue weighted by atomic mass is 9.87. The summed E-state index contributed by atoms with van der Waals surface area (Å²) in [6, 6.07) is 2.31. The summed E-state index contributed by atoms with van der Waals surface area (Å²) in [6.45, 7) is 7.64. The number of aromatic nitrogens is 3. The minimum atomic E-state index is 0.0892. The summed E-state index contributed by atoms with van der Waals surface area (Å²) in [6.07, 6.45) is 5.10. The monoisotopic (exact) mass is 434 g/mol. The Morgan fingerprint density at radius 2 is 2.07 bits per heavy atom. The van der Waals surface area contributed by atoms with Gasteiger partial charge in [-0.15, -0.1) is 21.5 Å². The molecule has 1 saturated heterocycles. The summed E-state index contributed by atoms with van der Waals surface area (Å²) >= 11 is 3.32. The predicted octanol–water partition coefficient (Wildman–Crippen LogP) is 3.79. The first-order valence-electron chi connectivity index (χ1n) is 10.5. The molecular formula is C21H30N4O2S2. The molecule has 2 aliphatic rings. The van der Waals surface area contributed by atoms with Crippen molar-refractivity contribution < 1.29 is 9.53 Å². The van der Waals surface area contributed by atoms with Crippen LogP contribution in [0.5, 0.6) is 0 Å². The van der Waals surface area contributed by atoms with E-state index in [1.165, 1.54) is 52.8 Å². The Balaban J connectivity index is 1.42. The van der Waals surface area contributed by atoms with E-state index in [0.29, 0.717) is 18.8 Å². The molecule has 3 atom stereocenters. The highest BCUT2D eigenvalue weighted by Crippen LogP contribution is 2.38. The number of fused-ring (bicyclic) bond motifs is 1. The van der Waals surface area contributed by atoms with Gasteiger partial charge in [0.15, 0.2) is 11.0 Å². The van der Waals surface area contributed by atoms with Crippen LogP contribution in [0, 0.1) is 5.92 Å². The Bertz CT molecular complexity index is 868. The number of thiophene rings is 1. The van der Waals surface area contributed by atoms with Gasteiger partial charge in [-0.2, -0.15) is 0 Å². The van der Waals surface area contributed by atoms with Crippen molar-refractivity contribution in [3.8, 4) is 10.7 Å². The van der Waals surface area contributed by atoms with Gasteiger partial charge in [0.2, 0.25) is 5.91 Å². The first-order valence-corrected chi connectivity index (χ1v) is 12.3. The van der Waals surface area contributed by atoms with Crippen LogP contribution in [0.2, 0.25) is 0 Å². The molecule has 2 aromatic heterocycles. The SMILES string of the molecule is CCC1CCc2sc(-c3nnc(SCC(=O)N4CC(C)OC(C)C4)n3C)cc2C1. The molecule has 3 unspecified atom stereocenters. The van der Waals surface area contributed by atoms with Gasteiger partial charge >= 0.3 is 0 Å². The standard InChI is InChI=1S/C21H30N4O2S2/c1-5-15-6-7-17-16(8-15)9-18(29-17)20-22-23-21(24(20)4)28-12-19(26)25-10-13(2)27-14(3)11-25/h9,13-15H,5-8,10-12H2,1-4H3. The molecular weight excluding hydrogens is 404 g/mol. The number of nitrogens with zero attached hydrogens (tertiary/aromatic N) is 4. The van der Waals surface area contributed by atoms with E-state index in [4.69, 9.17) is 4.74 Å². The molecule has 0 bridgehead atoms. The molecule has 0 aromatic carbocycles. The molecule has 1 aliphatic carbocycles. The van der Waals surface area contributed by atoms with Crippen LogP contribution in [0.4, 0.5) is 0 Å². The van der Waals surface area contributed by atoms with E-state index in [0.717, 1.165) is 16.9 Å². The van der Waals surface area contributed by atoms with Crippen molar-refractivity contribution in [1.29, 1.82) is 0 Å². The zero-order chi connectivity index (χ0) is 20.5. The average Bonchev–Trinajstić information content (AvgIpc) is 3.27. The molecule has 0 saturated carbocycles. The van der Waals surface area contributed by atoms with Crippen molar-refractivity contribution in [3.05, 3.63) is 16.5 Å². The van der Waals surface area contributed by atoms with E-state index in [-0.39, 0.29) is 18.1 Å². The third-order valence-corrected chi connectivity index (χ3v) is 8.15. The highest BCUT2D eigenvalue weighted by atomic mass is 32.2. The van der Waals surface area contributed by atoms with Crippen molar-refractivity contribution >= 4 is 29.0 Å². The molecule has 0 spiro atoms. The highest BCUT2D eigenvalue weighted by molar-refractivity contribution is 7.99. The van der Waals surface area contributed by atoms with E-state index in [1.807, 2.05) is 41.7 Å². The zero-order valence-corrected chi connectivity index (χ0v) is 19.3. The third kappa shape index (κ3) is 4.54. The minimum Gasteiger partial charge on any atom is -0.372 e. The van der Waals surface area contributed by atoms with Crippen molar-refractivity contribution in [3.63, 3.8) is 0 Å². The third-order valence-electron chi connectivity index (χ3n) is 5.91. The second-order valence-electron chi connectivity index (χ2n) is 8.29. The van der Waals surface area contributed by atoms with Gasteiger partial charge in [0, 0.05) is 25.0 Å². The second kappa shape index (κ2) is 8.78. The van der Waals surface area contributed by atoms with Crippen molar-refractivity contribution in [1.82, 2.24) is 19.7 Å². The molecule has 0 N–H and O–H groups in total. The predicted molar refractivity (Wildman–Crippen MR) is 117 cm³/mol. The molecule has 29 heavy (non-hydrogen) atoms. The van der Waals surface area contributed by atoms with E-state index in [1.54, 1.807) is 0 Å². The normalized spacial score (nSPS) is 24.6. The van der Waals surface area contributed by atoms with Crippen LogP contribution in [-0.2, 0) is 29.4 Å². The summed E-state index contributed by atoms with van der Waals surface area (Å²) in [7, 11) is 1.99. The Hall–Kier alpha value is -1.38. The lowest BCUT2D eigenvalue weighted by Crippen LogP contribution is -2.48. The summed E-state index contributed by atoms with van der Waals surface area (Å²) in [5, 5.41) is 9.60. The fourth-order valence-electron chi connectivity index (χ4n) is 4.31. The van der Waals surface area contributed by atoms with E-state index < -0.39 is 0 Å². The van der Waals surface area contributed by atoms with Crippen molar-refractivity contribution in [2.45, 2.75) is 63.8 Å². The Kier molecular flexibility index (Phi) is 6.32. The van der Waals surface area contributed by atoms with Crippen LogP contribution in [0.15, 0.2) is 11.2 Å². The number of aryl methyl sites for hydroxylation is 1. The van der Waals surface area contributed by atoms with Crippen LogP contribution in [0.3, 0.4) is 0 Å². The summed E-state index contributed by atoms with van der Waals surface area (Å²) in [5.74, 6) is 2.23. The summed E-state index contributed by atoms with van der Waals surface area (Å²) in [5.41, 5.74) is 1.49. The number of ether oxygens (including phenoxy) is 1. The van der Waals surface area contributed by atoms with Crippen molar-refractivity contribution in [2.24, 2.45) is 13.0 Å². The lowest BCUT2D eigenvalue weighted by molar-refractivity contribution is -0.140. The smallest absolute Gasteiger partial charge is 0.233 e. The number of hydrogen-bond donors (Lipinski definition) is 0. The molecule has 8 heteroatoms. The van der Waals surface area contributed by atoms with Gasteiger partial charge in [-0.05, 0) is 50.7 Å². The summed E-state index contributed by atoms with van der Waals surface area (Å²) in [4.78, 5) is 17.2. The Morgan fingerprint density at radius 3 is 2.79 bits per heavy atom. The first-order chi connectivity index (χ1) is 13.9. The van der Waals surface area contributed by atoms with Gasteiger partial charge in [-0.3, -0.25) is 4.79 Å². The van der Waals surface area contributed by atoms with E-state index in [9.17, 15) is 4.79 Å². The van der Waals surface area contributed by atoms with Gasteiger partial charge < -0.3 is 14.2 Å². The fraction of sp³-hybridized carbons (Fsp3) is 0.667. The molecule has 3 heterocycles. The molecule has 6 nitrogen and oxygen atoms in total. The maximum Gasteiger partial charge on any atom is 0.233 e. The fourth-order valence-corrected chi connectivity index (χ4v) is 6.35. The van der Waals surface area contributed by atoms with Crippen LogP contribution in [-0.4, -0.2) is 56.6 Å². The molecule has 4 rings (SSSR count). The van der Waals surface area contributed by atoms with E-state index >= 15 is 0 Å². The van der Waals surface area contributed by atoms with Crippen LogP contribution in [0.25, 0.3) is 10.7 Å². The topological polar surface area (TPSA) is 60.3 Å². The van der Waals surface area contributed by atoms with Gasteiger partial charge in [0.05, 0.1) is 22.8 Å². The number of morpholine rings is 1. The largest absolute Gasteiger partial charge is 0.372 e. The first kappa shape index (κ1) is 20.9. The maximum absolute atomic E-state index is 12.6. The number of hydrogen-bond acceptors (Lipinski definition) is 6. The van der Waals surface area contributed by atoms with Gasteiger partial charge in [-0.1, -0.05) is 25.1 Å². The molecule has 1 aliphatic heterocycles. The van der Waals surface area contributed by atoms with Gasteiger partial charge in [-0.25, -0.2) is 0 Å². The highest BCUT2D eigenvalue weighted by Gasteiger charge is 2.27. The van der Waals surface area contributed by atoms with Crippen LogP contribution < -0.4 is 0 Å². The number of thioether (sulfide) groups is 1. The summed E-state index contributed by atoms with van der Waals surface area (Å²) < 4.78 is 7.75.